The van der Waals surface area contributed by atoms with E-state index in [1.807, 2.05) is 15.9 Å². The first-order valence-corrected chi connectivity index (χ1v) is 12.3. The van der Waals surface area contributed by atoms with Crippen LogP contribution in [0.2, 0.25) is 0 Å². The number of amides is 3. The second-order valence-corrected chi connectivity index (χ2v) is 9.69. The number of benzene rings is 1. The summed E-state index contributed by atoms with van der Waals surface area (Å²) in [6.45, 7) is 2.82. The molecule has 8 heteroatoms. The highest BCUT2D eigenvalue weighted by atomic mass is 16.7. The SMILES string of the molecule is O=C(CCC1CCCCC1)N1CCN(C(=O)C2CC(=O)N(c3ccc4c(c3)OCO4)C2)CC1. The zero-order valence-corrected chi connectivity index (χ0v) is 19.2. The number of carbonyl (C=O) groups excluding carboxylic acids is 3. The standard InChI is InChI=1S/C25H33N3O5/c29-23(9-6-18-4-2-1-3-5-18)26-10-12-27(13-11-26)25(31)19-14-24(30)28(16-19)20-7-8-21-22(15-20)33-17-32-21/h7-8,15,18-19H,1-6,9-14,16-17H2. The lowest BCUT2D eigenvalue weighted by Gasteiger charge is -2.36. The van der Waals surface area contributed by atoms with Crippen molar-refractivity contribution in [2.45, 2.75) is 51.4 Å². The number of rotatable bonds is 5. The van der Waals surface area contributed by atoms with Crippen LogP contribution in [0, 0.1) is 11.8 Å². The summed E-state index contributed by atoms with van der Waals surface area (Å²) in [7, 11) is 0. The average Bonchev–Trinajstić information content (AvgIpc) is 3.48. The van der Waals surface area contributed by atoms with Crippen LogP contribution in [0.25, 0.3) is 0 Å². The molecule has 3 fully saturated rings. The molecule has 0 radical (unpaired) electrons. The van der Waals surface area contributed by atoms with Crippen LogP contribution in [0.4, 0.5) is 5.69 Å². The number of anilines is 1. The van der Waals surface area contributed by atoms with E-state index in [4.69, 9.17) is 9.47 Å². The smallest absolute Gasteiger partial charge is 0.231 e. The maximum Gasteiger partial charge on any atom is 0.231 e. The highest BCUT2D eigenvalue weighted by Crippen LogP contribution is 2.37. The molecule has 1 saturated carbocycles. The minimum absolute atomic E-state index is 0.0147. The van der Waals surface area contributed by atoms with E-state index >= 15 is 0 Å². The Bertz CT molecular complexity index is 905. The fourth-order valence-electron chi connectivity index (χ4n) is 5.57. The Morgan fingerprint density at radius 2 is 1.67 bits per heavy atom. The molecule has 3 aliphatic heterocycles. The second kappa shape index (κ2) is 9.61. The normalized spacial score (nSPS) is 23.3. The number of fused-ring (bicyclic) bond motifs is 1. The van der Waals surface area contributed by atoms with E-state index in [2.05, 4.69) is 0 Å². The molecule has 4 aliphatic rings. The molecule has 178 valence electrons. The molecule has 5 rings (SSSR count). The number of piperazine rings is 1. The van der Waals surface area contributed by atoms with Crippen molar-refractivity contribution in [2.75, 3.05) is 44.4 Å². The van der Waals surface area contributed by atoms with Gasteiger partial charge in [0.05, 0.1) is 5.92 Å². The number of hydrogen-bond donors (Lipinski definition) is 0. The molecule has 1 aromatic rings. The molecular weight excluding hydrogens is 422 g/mol. The Balaban J connectivity index is 1.10. The maximum absolute atomic E-state index is 13.1. The van der Waals surface area contributed by atoms with Crippen molar-refractivity contribution in [2.24, 2.45) is 11.8 Å². The van der Waals surface area contributed by atoms with Crippen molar-refractivity contribution in [3.8, 4) is 11.5 Å². The van der Waals surface area contributed by atoms with E-state index in [1.54, 1.807) is 17.0 Å². The van der Waals surface area contributed by atoms with Gasteiger partial charge in [-0.1, -0.05) is 32.1 Å². The molecule has 2 saturated heterocycles. The van der Waals surface area contributed by atoms with Gasteiger partial charge in [-0.15, -0.1) is 0 Å². The van der Waals surface area contributed by atoms with E-state index < -0.39 is 0 Å². The average molecular weight is 456 g/mol. The molecule has 1 aromatic carbocycles. The second-order valence-electron chi connectivity index (χ2n) is 9.69. The van der Waals surface area contributed by atoms with Crippen molar-refractivity contribution in [1.82, 2.24) is 9.80 Å². The Labute approximate surface area is 194 Å². The third-order valence-corrected chi connectivity index (χ3v) is 7.58. The largest absolute Gasteiger partial charge is 0.454 e. The molecule has 3 heterocycles. The summed E-state index contributed by atoms with van der Waals surface area (Å²) in [6, 6.07) is 5.42. The van der Waals surface area contributed by atoms with Crippen LogP contribution in [-0.4, -0.2) is 67.0 Å². The van der Waals surface area contributed by atoms with Crippen LogP contribution in [-0.2, 0) is 14.4 Å². The van der Waals surface area contributed by atoms with Crippen molar-refractivity contribution in [3.63, 3.8) is 0 Å². The van der Waals surface area contributed by atoms with E-state index in [-0.39, 0.29) is 36.9 Å². The highest BCUT2D eigenvalue weighted by molar-refractivity contribution is 6.00. The van der Waals surface area contributed by atoms with Gasteiger partial charge in [0.25, 0.3) is 0 Å². The van der Waals surface area contributed by atoms with Crippen LogP contribution < -0.4 is 14.4 Å². The Morgan fingerprint density at radius 1 is 0.939 bits per heavy atom. The van der Waals surface area contributed by atoms with E-state index in [1.165, 1.54) is 32.1 Å². The Kier molecular flexibility index (Phi) is 6.42. The predicted octanol–water partition coefficient (Wildman–Crippen LogP) is 2.80. The molecule has 0 bridgehead atoms. The molecule has 8 nitrogen and oxygen atoms in total. The first-order chi connectivity index (χ1) is 16.1. The minimum atomic E-state index is -0.350. The summed E-state index contributed by atoms with van der Waals surface area (Å²) in [5, 5.41) is 0. The summed E-state index contributed by atoms with van der Waals surface area (Å²) in [5.74, 6) is 1.83. The van der Waals surface area contributed by atoms with Gasteiger partial charge in [0.2, 0.25) is 24.5 Å². The summed E-state index contributed by atoms with van der Waals surface area (Å²) < 4.78 is 10.8. The van der Waals surface area contributed by atoms with Crippen molar-refractivity contribution < 1.29 is 23.9 Å². The Hall–Kier alpha value is -2.77. The maximum atomic E-state index is 13.1. The summed E-state index contributed by atoms with van der Waals surface area (Å²) >= 11 is 0. The number of nitrogens with zero attached hydrogens (tertiary/aromatic N) is 3. The fourth-order valence-corrected chi connectivity index (χ4v) is 5.57. The molecule has 0 N–H and O–H groups in total. The molecule has 0 aromatic heterocycles. The van der Waals surface area contributed by atoms with Crippen LogP contribution in [0.5, 0.6) is 11.5 Å². The lowest BCUT2D eigenvalue weighted by Crippen LogP contribution is -2.52. The molecule has 3 amide bonds. The molecule has 0 spiro atoms. The fraction of sp³-hybridized carbons (Fsp3) is 0.640. The lowest BCUT2D eigenvalue weighted by molar-refractivity contribution is -0.142. The van der Waals surface area contributed by atoms with E-state index in [9.17, 15) is 14.4 Å². The van der Waals surface area contributed by atoms with Gasteiger partial charge < -0.3 is 24.2 Å². The molecular formula is C25H33N3O5. The summed E-state index contributed by atoms with van der Waals surface area (Å²) in [5.41, 5.74) is 0.730. The summed E-state index contributed by atoms with van der Waals surface area (Å²) in [4.78, 5) is 43.8. The van der Waals surface area contributed by atoms with Gasteiger partial charge in [0, 0.05) is 57.3 Å². The third-order valence-electron chi connectivity index (χ3n) is 7.58. The van der Waals surface area contributed by atoms with Crippen molar-refractivity contribution in [1.29, 1.82) is 0 Å². The quantitative estimate of drug-likeness (QED) is 0.682. The topological polar surface area (TPSA) is 79.4 Å². The van der Waals surface area contributed by atoms with Gasteiger partial charge in [-0.2, -0.15) is 0 Å². The van der Waals surface area contributed by atoms with Gasteiger partial charge in [0.1, 0.15) is 0 Å². The zero-order valence-electron chi connectivity index (χ0n) is 19.2. The summed E-state index contributed by atoms with van der Waals surface area (Å²) in [6.07, 6.45) is 8.30. The Morgan fingerprint density at radius 3 is 2.45 bits per heavy atom. The number of hydrogen-bond acceptors (Lipinski definition) is 5. The van der Waals surface area contributed by atoms with E-state index in [0.717, 1.165) is 12.1 Å². The molecule has 1 unspecified atom stereocenters. The van der Waals surface area contributed by atoms with Gasteiger partial charge in [-0.3, -0.25) is 14.4 Å². The van der Waals surface area contributed by atoms with Crippen molar-refractivity contribution >= 4 is 23.4 Å². The monoisotopic (exact) mass is 455 g/mol. The third kappa shape index (κ3) is 4.80. The minimum Gasteiger partial charge on any atom is -0.454 e. The van der Waals surface area contributed by atoms with Gasteiger partial charge >= 0.3 is 0 Å². The van der Waals surface area contributed by atoms with E-state index in [0.29, 0.717) is 56.6 Å². The predicted molar refractivity (Wildman–Crippen MR) is 122 cm³/mol. The molecule has 1 aliphatic carbocycles. The van der Waals surface area contributed by atoms with Gasteiger partial charge in [-0.05, 0) is 24.5 Å². The van der Waals surface area contributed by atoms with Crippen molar-refractivity contribution in [3.05, 3.63) is 18.2 Å². The van der Waals surface area contributed by atoms with Crippen LogP contribution in [0.15, 0.2) is 18.2 Å². The lowest BCUT2D eigenvalue weighted by atomic mass is 9.86. The first-order valence-electron chi connectivity index (χ1n) is 12.3. The van der Waals surface area contributed by atoms with Crippen LogP contribution >= 0.6 is 0 Å². The zero-order chi connectivity index (χ0) is 22.8. The number of carbonyl (C=O) groups is 3. The first kappa shape index (κ1) is 22.0. The van der Waals surface area contributed by atoms with Gasteiger partial charge in [0.15, 0.2) is 11.5 Å². The number of ether oxygens (including phenoxy) is 2. The molecule has 33 heavy (non-hydrogen) atoms. The van der Waals surface area contributed by atoms with Crippen LogP contribution in [0.3, 0.4) is 0 Å². The molecule has 1 atom stereocenters. The van der Waals surface area contributed by atoms with Crippen LogP contribution in [0.1, 0.15) is 51.4 Å². The highest BCUT2D eigenvalue weighted by Gasteiger charge is 2.38. The van der Waals surface area contributed by atoms with Gasteiger partial charge in [-0.25, -0.2) is 0 Å².